The van der Waals surface area contributed by atoms with Crippen LogP contribution in [0, 0.1) is 35.5 Å². The predicted molar refractivity (Wildman–Crippen MR) is 89.2 cm³/mol. The van der Waals surface area contributed by atoms with Gasteiger partial charge < -0.3 is 5.32 Å². The van der Waals surface area contributed by atoms with E-state index in [1.807, 2.05) is 24.3 Å². The van der Waals surface area contributed by atoms with E-state index in [0.717, 1.165) is 10.2 Å². The van der Waals surface area contributed by atoms with Crippen LogP contribution in [-0.2, 0) is 9.59 Å². The molecule has 0 spiro atoms. The number of hydrogen-bond acceptors (Lipinski definition) is 3. The third kappa shape index (κ3) is 1.89. The molecule has 1 aromatic carbocycles. The van der Waals surface area contributed by atoms with Crippen LogP contribution in [0.2, 0.25) is 0 Å². The van der Waals surface area contributed by atoms with Crippen LogP contribution in [0.5, 0.6) is 0 Å². The van der Waals surface area contributed by atoms with Crippen molar-refractivity contribution in [2.45, 2.75) is 6.42 Å². The van der Waals surface area contributed by atoms with Crippen LogP contribution in [0.25, 0.3) is 0 Å². The van der Waals surface area contributed by atoms with E-state index in [1.165, 1.54) is 11.3 Å². The van der Waals surface area contributed by atoms with Gasteiger partial charge in [0.15, 0.2) is 0 Å². The number of carbonyl (C=O) groups is 2. The Kier molecular flexibility index (Phi) is 2.81. The van der Waals surface area contributed by atoms with E-state index in [4.69, 9.17) is 0 Å². The van der Waals surface area contributed by atoms with E-state index in [9.17, 15) is 9.59 Å². The van der Waals surface area contributed by atoms with Crippen LogP contribution in [0.1, 0.15) is 6.42 Å². The van der Waals surface area contributed by atoms with Crippen molar-refractivity contribution in [2.24, 2.45) is 35.5 Å². The van der Waals surface area contributed by atoms with Crippen molar-refractivity contribution in [1.29, 1.82) is 0 Å². The zero-order valence-corrected chi connectivity index (χ0v) is 14.1. The summed E-state index contributed by atoms with van der Waals surface area (Å²) in [5.41, 5.74) is 0.910. The summed E-state index contributed by atoms with van der Waals surface area (Å²) in [5, 5.41) is 3.20. The molecule has 6 unspecified atom stereocenters. The number of rotatable bonds is 3. The lowest BCUT2D eigenvalue weighted by molar-refractivity contribution is -0.139. The number of hydrogen-bond donors (Lipinski definition) is 1. The zero-order chi connectivity index (χ0) is 15.7. The number of nitrogens with one attached hydrogen (secondary N) is 1. The molecular formula is C18H17BrN2O2. The van der Waals surface area contributed by atoms with Gasteiger partial charge in [-0.25, -0.2) is 0 Å². The van der Waals surface area contributed by atoms with Crippen LogP contribution >= 0.6 is 15.9 Å². The Labute approximate surface area is 143 Å². The van der Waals surface area contributed by atoms with E-state index in [0.29, 0.717) is 23.7 Å². The van der Waals surface area contributed by atoms with Crippen molar-refractivity contribution >= 4 is 33.4 Å². The summed E-state index contributed by atoms with van der Waals surface area (Å²) >= 11 is 3.40. The van der Waals surface area contributed by atoms with Crippen LogP contribution in [0.15, 0.2) is 40.9 Å². The second kappa shape index (κ2) is 4.69. The maximum absolute atomic E-state index is 12.8. The molecule has 2 amide bonds. The first-order chi connectivity index (χ1) is 11.1. The van der Waals surface area contributed by atoms with Crippen molar-refractivity contribution in [2.75, 3.05) is 12.0 Å². The number of amides is 2. The summed E-state index contributed by atoms with van der Waals surface area (Å²) in [6.07, 6.45) is 5.61. The largest absolute Gasteiger partial charge is 0.367 e. The summed E-state index contributed by atoms with van der Waals surface area (Å²) in [7, 11) is 0. The van der Waals surface area contributed by atoms with Gasteiger partial charge in [0.1, 0.15) is 0 Å². The van der Waals surface area contributed by atoms with E-state index in [-0.39, 0.29) is 30.3 Å². The van der Waals surface area contributed by atoms with Gasteiger partial charge in [0.2, 0.25) is 11.8 Å². The number of imide groups is 1. The first-order valence-electron chi connectivity index (χ1n) is 8.18. The molecule has 0 radical (unpaired) electrons. The maximum Gasteiger partial charge on any atom is 0.235 e. The molecule has 1 heterocycles. The highest BCUT2D eigenvalue weighted by atomic mass is 79.9. The lowest BCUT2D eigenvalue weighted by Crippen LogP contribution is -2.40. The van der Waals surface area contributed by atoms with Crippen molar-refractivity contribution in [1.82, 2.24) is 4.90 Å². The standard InChI is InChI=1S/C18H17BrN2O2/c19-9-1-3-10(4-2-9)20-8-21-17(22)15-11-5-6-12(14-7-13(11)14)16(15)18(21)23/h1-6,11-16,20H,7-8H2. The SMILES string of the molecule is O=C1C2C3C=CC(C4CC34)C2C(=O)N1CNc1ccc(Br)cc1. The molecule has 2 bridgehead atoms. The van der Waals surface area contributed by atoms with Crippen LogP contribution in [0.4, 0.5) is 5.69 Å². The molecule has 1 aromatic rings. The minimum Gasteiger partial charge on any atom is -0.367 e. The van der Waals surface area contributed by atoms with Gasteiger partial charge in [-0.2, -0.15) is 0 Å². The minimum absolute atomic E-state index is 0.0225. The fourth-order valence-corrected chi connectivity index (χ4v) is 5.18. The quantitative estimate of drug-likeness (QED) is 0.655. The van der Waals surface area contributed by atoms with Crippen molar-refractivity contribution in [3.63, 3.8) is 0 Å². The van der Waals surface area contributed by atoms with E-state index >= 15 is 0 Å². The van der Waals surface area contributed by atoms with Gasteiger partial charge >= 0.3 is 0 Å². The normalized spacial score (nSPS) is 39.4. The molecule has 6 rings (SSSR count). The zero-order valence-electron chi connectivity index (χ0n) is 12.5. The molecule has 1 saturated heterocycles. The van der Waals surface area contributed by atoms with Crippen LogP contribution in [0.3, 0.4) is 0 Å². The number of carbonyl (C=O) groups excluding carboxylic acids is 2. The van der Waals surface area contributed by atoms with Crippen molar-refractivity contribution in [3.8, 4) is 0 Å². The number of anilines is 1. The van der Waals surface area contributed by atoms with Gasteiger partial charge in [0, 0.05) is 10.2 Å². The molecule has 118 valence electrons. The van der Waals surface area contributed by atoms with Gasteiger partial charge in [-0.3, -0.25) is 14.5 Å². The first-order valence-corrected chi connectivity index (χ1v) is 8.97. The molecule has 5 aliphatic rings. The van der Waals surface area contributed by atoms with Gasteiger partial charge in [0.25, 0.3) is 0 Å². The molecule has 4 aliphatic carbocycles. The highest BCUT2D eigenvalue weighted by Crippen LogP contribution is 2.65. The van der Waals surface area contributed by atoms with Gasteiger partial charge in [-0.15, -0.1) is 0 Å². The number of likely N-dealkylation sites (tertiary alicyclic amines) is 1. The number of nitrogens with zero attached hydrogens (tertiary/aromatic N) is 1. The van der Waals surface area contributed by atoms with Gasteiger partial charge in [-0.1, -0.05) is 28.1 Å². The maximum atomic E-state index is 12.8. The van der Waals surface area contributed by atoms with Crippen molar-refractivity contribution in [3.05, 3.63) is 40.9 Å². The number of halogens is 1. The third-order valence-electron chi connectivity index (χ3n) is 6.04. The van der Waals surface area contributed by atoms with E-state index in [1.54, 1.807) is 0 Å². The highest BCUT2D eigenvalue weighted by molar-refractivity contribution is 9.10. The molecule has 5 heteroatoms. The molecule has 23 heavy (non-hydrogen) atoms. The van der Waals surface area contributed by atoms with E-state index < -0.39 is 0 Å². The van der Waals surface area contributed by atoms with Crippen LogP contribution in [-0.4, -0.2) is 23.4 Å². The first kappa shape index (κ1) is 13.8. The summed E-state index contributed by atoms with van der Waals surface area (Å²) < 4.78 is 1.00. The average Bonchev–Trinajstić information content (AvgIpc) is 3.33. The second-order valence-corrected chi connectivity index (χ2v) is 8.02. The third-order valence-corrected chi connectivity index (χ3v) is 6.57. The van der Waals surface area contributed by atoms with Gasteiger partial charge in [-0.05, 0) is 54.4 Å². The number of allylic oxidation sites excluding steroid dienone is 2. The smallest absolute Gasteiger partial charge is 0.235 e. The van der Waals surface area contributed by atoms with Crippen molar-refractivity contribution < 1.29 is 9.59 Å². The molecule has 3 fully saturated rings. The molecule has 1 aliphatic heterocycles. The average molecular weight is 373 g/mol. The summed E-state index contributed by atoms with van der Waals surface area (Å²) in [4.78, 5) is 27.0. The fraction of sp³-hybridized carbons (Fsp3) is 0.444. The Morgan fingerprint density at radius 3 is 2.13 bits per heavy atom. The highest BCUT2D eigenvalue weighted by Gasteiger charge is 2.66. The van der Waals surface area contributed by atoms with Crippen LogP contribution < -0.4 is 5.32 Å². The lowest BCUT2D eigenvalue weighted by Gasteiger charge is -2.37. The minimum atomic E-state index is -0.104. The summed E-state index contributed by atoms with van der Waals surface area (Å²) in [6, 6.07) is 7.74. The Bertz CT molecular complexity index is 693. The number of benzene rings is 1. The summed E-state index contributed by atoms with van der Waals surface area (Å²) in [6.45, 7) is 0.265. The molecule has 4 nitrogen and oxygen atoms in total. The van der Waals surface area contributed by atoms with E-state index in [2.05, 4.69) is 33.4 Å². The Morgan fingerprint density at radius 1 is 1.00 bits per heavy atom. The fourth-order valence-electron chi connectivity index (χ4n) is 4.91. The topological polar surface area (TPSA) is 49.4 Å². The molecular weight excluding hydrogens is 356 g/mol. The Morgan fingerprint density at radius 2 is 1.57 bits per heavy atom. The second-order valence-electron chi connectivity index (χ2n) is 7.10. The Hall–Kier alpha value is -1.62. The molecule has 0 aromatic heterocycles. The predicted octanol–water partition coefficient (Wildman–Crippen LogP) is 2.87. The Balaban J connectivity index is 1.36. The lowest BCUT2D eigenvalue weighted by atomic mass is 9.63. The monoisotopic (exact) mass is 372 g/mol. The molecule has 6 atom stereocenters. The summed E-state index contributed by atoms with van der Waals surface area (Å²) in [5.74, 6) is 1.74. The van der Waals surface area contributed by atoms with Gasteiger partial charge in [0.05, 0.1) is 18.5 Å². The molecule has 2 saturated carbocycles. The molecule has 1 N–H and O–H groups in total.